The molecule has 2 aromatic heterocycles. The lowest BCUT2D eigenvalue weighted by Crippen LogP contribution is -2.25. The summed E-state index contributed by atoms with van der Waals surface area (Å²) >= 11 is 1.64. The molecule has 0 aliphatic carbocycles. The second-order valence-electron chi connectivity index (χ2n) is 7.22. The molecule has 0 atom stereocenters. The smallest absolute Gasteiger partial charge is 0.268 e. The fourth-order valence-corrected chi connectivity index (χ4v) is 4.63. The van der Waals surface area contributed by atoms with E-state index in [-0.39, 0.29) is 18.5 Å². The Balaban J connectivity index is 1.41. The maximum absolute atomic E-state index is 13.7. The number of ether oxygens (including phenoxy) is 2. The first-order valence-electron chi connectivity index (χ1n) is 9.58. The van der Waals surface area contributed by atoms with Crippen molar-refractivity contribution in [1.29, 1.82) is 0 Å². The van der Waals surface area contributed by atoms with E-state index >= 15 is 0 Å². The Kier molecular flexibility index (Phi) is 4.67. The number of halogens is 1. The number of aromatic nitrogens is 1. The highest BCUT2D eigenvalue weighted by Crippen LogP contribution is 2.33. The Bertz CT molecular complexity index is 1260. The average molecular weight is 422 g/mol. The van der Waals surface area contributed by atoms with Crippen LogP contribution in [0.5, 0.6) is 11.5 Å². The quantitative estimate of drug-likeness (QED) is 0.500. The first-order chi connectivity index (χ1) is 14.6. The van der Waals surface area contributed by atoms with Crippen molar-refractivity contribution in [2.75, 3.05) is 6.79 Å². The minimum Gasteiger partial charge on any atom is -0.454 e. The molecule has 0 spiro atoms. The van der Waals surface area contributed by atoms with Crippen molar-refractivity contribution in [3.05, 3.63) is 82.1 Å². The zero-order chi connectivity index (χ0) is 20.7. The third kappa shape index (κ3) is 3.52. The predicted octanol–water partition coefficient (Wildman–Crippen LogP) is 4.86. The average Bonchev–Trinajstić information content (AvgIpc) is 3.41. The zero-order valence-corrected chi connectivity index (χ0v) is 17.1. The molecule has 0 radical (unpaired) electrons. The summed E-state index contributed by atoms with van der Waals surface area (Å²) in [7, 11) is 0. The Morgan fingerprint density at radius 1 is 1.10 bits per heavy atom. The van der Waals surface area contributed by atoms with Crippen LogP contribution in [0.3, 0.4) is 0 Å². The van der Waals surface area contributed by atoms with E-state index < -0.39 is 0 Å². The summed E-state index contributed by atoms with van der Waals surface area (Å²) in [6.45, 7) is 3.04. The molecule has 0 unspecified atom stereocenters. The largest absolute Gasteiger partial charge is 0.454 e. The highest BCUT2D eigenvalue weighted by Gasteiger charge is 2.18. The lowest BCUT2D eigenvalue weighted by molar-refractivity contribution is 0.0942. The summed E-state index contributed by atoms with van der Waals surface area (Å²) in [4.78, 5) is 14.2. The van der Waals surface area contributed by atoms with Gasteiger partial charge >= 0.3 is 0 Å². The third-order valence-corrected chi connectivity index (χ3v) is 6.05. The van der Waals surface area contributed by atoms with Crippen LogP contribution in [0, 0.1) is 12.7 Å². The molecule has 5 nitrogen and oxygen atoms in total. The lowest BCUT2D eigenvalue weighted by Gasteiger charge is -2.11. The van der Waals surface area contributed by atoms with Crippen molar-refractivity contribution in [2.45, 2.75) is 20.0 Å². The third-order valence-electron chi connectivity index (χ3n) is 5.07. The van der Waals surface area contributed by atoms with E-state index in [1.807, 2.05) is 41.8 Å². The number of rotatable bonds is 5. The fourth-order valence-electron chi connectivity index (χ4n) is 3.67. The summed E-state index contributed by atoms with van der Waals surface area (Å²) in [6.07, 6.45) is 0. The van der Waals surface area contributed by atoms with Crippen molar-refractivity contribution >= 4 is 27.5 Å². The van der Waals surface area contributed by atoms with E-state index in [9.17, 15) is 9.18 Å². The number of hydrogen-bond acceptors (Lipinski definition) is 4. The van der Waals surface area contributed by atoms with Gasteiger partial charge in [0.25, 0.3) is 5.91 Å². The van der Waals surface area contributed by atoms with Gasteiger partial charge < -0.3 is 19.4 Å². The summed E-state index contributed by atoms with van der Waals surface area (Å²) < 4.78 is 27.4. The topological polar surface area (TPSA) is 52.5 Å². The predicted molar refractivity (Wildman–Crippen MR) is 114 cm³/mol. The molecule has 2 aromatic carbocycles. The first kappa shape index (κ1) is 18.7. The molecule has 30 heavy (non-hydrogen) atoms. The molecule has 1 aliphatic rings. The first-order valence-corrected chi connectivity index (χ1v) is 10.4. The van der Waals surface area contributed by atoms with E-state index in [1.54, 1.807) is 17.4 Å². The fraction of sp³-hybridized carbons (Fsp3) is 0.174. The monoisotopic (exact) mass is 422 g/mol. The van der Waals surface area contributed by atoms with Gasteiger partial charge in [-0.25, -0.2) is 4.39 Å². The number of carbonyl (C=O) groups excluding carboxylic acids is 1. The number of aryl methyl sites for hydroxylation is 1. The van der Waals surface area contributed by atoms with Gasteiger partial charge in [-0.15, -0.1) is 11.3 Å². The second kappa shape index (κ2) is 7.50. The van der Waals surface area contributed by atoms with Crippen LogP contribution in [-0.4, -0.2) is 17.3 Å². The summed E-state index contributed by atoms with van der Waals surface area (Å²) in [6, 6.07) is 16.1. The van der Waals surface area contributed by atoms with Crippen LogP contribution in [-0.2, 0) is 13.1 Å². The van der Waals surface area contributed by atoms with Crippen molar-refractivity contribution < 1.29 is 18.7 Å². The number of fused-ring (bicyclic) bond motifs is 2. The van der Waals surface area contributed by atoms with Gasteiger partial charge in [0.1, 0.15) is 11.5 Å². The molecule has 0 saturated carbocycles. The highest BCUT2D eigenvalue weighted by molar-refractivity contribution is 7.19. The lowest BCUT2D eigenvalue weighted by atomic mass is 10.2. The number of thiophene rings is 1. The molecule has 7 heteroatoms. The number of carbonyl (C=O) groups is 1. The summed E-state index contributed by atoms with van der Waals surface area (Å²) in [5.41, 5.74) is 3.27. The Hall–Kier alpha value is -3.32. The molecular weight excluding hydrogens is 403 g/mol. The van der Waals surface area contributed by atoms with Gasteiger partial charge in [-0.05, 0) is 54.4 Å². The van der Waals surface area contributed by atoms with E-state index in [1.165, 1.54) is 17.0 Å². The van der Waals surface area contributed by atoms with Crippen LogP contribution in [0.2, 0.25) is 0 Å². The standard InChI is InChI=1S/C23H19FN2O3S/c1-14-7-18-22(30-14)10-19(26(18)12-16-3-2-4-17(24)8-16)23(27)25-11-15-5-6-20-21(9-15)29-13-28-20/h2-10H,11-13H2,1H3,(H,25,27). The van der Waals surface area contributed by atoms with E-state index in [4.69, 9.17) is 9.47 Å². The minimum absolute atomic E-state index is 0.176. The van der Waals surface area contributed by atoms with Gasteiger partial charge in [-0.3, -0.25) is 4.79 Å². The molecule has 0 fully saturated rings. The number of benzene rings is 2. The normalized spacial score (nSPS) is 12.5. The molecule has 1 amide bonds. The molecule has 152 valence electrons. The SMILES string of the molecule is Cc1cc2c(cc(C(=O)NCc3ccc4c(c3)OCO4)n2Cc2cccc(F)c2)s1. The molecule has 4 aromatic rings. The van der Waals surface area contributed by atoms with Crippen LogP contribution in [0.4, 0.5) is 4.39 Å². The molecule has 0 saturated heterocycles. The van der Waals surface area contributed by atoms with Crippen LogP contribution >= 0.6 is 11.3 Å². The molecule has 5 rings (SSSR count). The zero-order valence-electron chi connectivity index (χ0n) is 16.3. The van der Waals surface area contributed by atoms with Crippen molar-refractivity contribution in [1.82, 2.24) is 9.88 Å². The molecule has 3 heterocycles. The van der Waals surface area contributed by atoms with Crippen molar-refractivity contribution in [3.63, 3.8) is 0 Å². The molecular formula is C23H19FN2O3S. The van der Waals surface area contributed by atoms with Crippen LogP contribution in [0.15, 0.2) is 54.6 Å². The van der Waals surface area contributed by atoms with Gasteiger partial charge in [0.05, 0.1) is 10.2 Å². The maximum atomic E-state index is 13.7. The van der Waals surface area contributed by atoms with Crippen LogP contribution in [0.25, 0.3) is 10.2 Å². The van der Waals surface area contributed by atoms with Crippen LogP contribution < -0.4 is 14.8 Å². The Morgan fingerprint density at radius 2 is 1.97 bits per heavy atom. The second-order valence-corrected chi connectivity index (χ2v) is 8.51. The molecule has 1 N–H and O–H groups in total. The number of hydrogen-bond donors (Lipinski definition) is 1. The van der Waals surface area contributed by atoms with Crippen molar-refractivity contribution in [2.24, 2.45) is 0 Å². The van der Waals surface area contributed by atoms with Crippen LogP contribution in [0.1, 0.15) is 26.5 Å². The Morgan fingerprint density at radius 3 is 2.83 bits per heavy atom. The van der Waals surface area contributed by atoms with Gasteiger partial charge in [-0.2, -0.15) is 0 Å². The van der Waals surface area contributed by atoms with Gasteiger partial charge in [-0.1, -0.05) is 18.2 Å². The number of nitrogens with one attached hydrogen (secondary N) is 1. The summed E-state index contributed by atoms with van der Waals surface area (Å²) in [5, 5.41) is 2.98. The van der Waals surface area contributed by atoms with Gasteiger partial charge in [0.2, 0.25) is 6.79 Å². The number of amides is 1. The molecule has 0 bridgehead atoms. The van der Waals surface area contributed by atoms with Crippen molar-refractivity contribution in [3.8, 4) is 11.5 Å². The van der Waals surface area contributed by atoms with E-state index in [2.05, 4.69) is 11.4 Å². The van der Waals surface area contributed by atoms with E-state index in [0.29, 0.717) is 30.3 Å². The maximum Gasteiger partial charge on any atom is 0.268 e. The summed E-state index contributed by atoms with van der Waals surface area (Å²) in [5.74, 6) is 0.938. The number of nitrogens with zero attached hydrogens (tertiary/aromatic N) is 1. The minimum atomic E-state index is -0.286. The highest BCUT2D eigenvalue weighted by atomic mass is 32.1. The Labute approximate surface area is 176 Å². The van der Waals surface area contributed by atoms with E-state index in [0.717, 1.165) is 21.3 Å². The van der Waals surface area contributed by atoms with Gasteiger partial charge in [0.15, 0.2) is 11.5 Å². The molecule has 1 aliphatic heterocycles. The van der Waals surface area contributed by atoms with Gasteiger partial charge in [0, 0.05) is 18.0 Å².